The van der Waals surface area contributed by atoms with E-state index in [1.807, 2.05) is 18.2 Å². The number of nitrogens with zero attached hydrogens (tertiary/aromatic N) is 1. The van der Waals surface area contributed by atoms with Crippen molar-refractivity contribution in [3.63, 3.8) is 0 Å². The van der Waals surface area contributed by atoms with Crippen molar-refractivity contribution in [1.82, 2.24) is 10.3 Å². The van der Waals surface area contributed by atoms with Crippen LogP contribution in [0.3, 0.4) is 0 Å². The number of anilines is 1. The van der Waals surface area contributed by atoms with E-state index in [9.17, 15) is 9.90 Å². The number of oxazole rings is 1. The van der Waals surface area contributed by atoms with E-state index < -0.39 is 5.91 Å². The monoisotopic (exact) mass is 563 g/mol. The maximum Gasteiger partial charge on any atom is 0.250 e. The summed E-state index contributed by atoms with van der Waals surface area (Å²) in [5.41, 5.74) is 3.48. The van der Waals surface area contributed by atoms with Crippen LogP contribution in [0.2, 0.25) is 10.0 Å². The number of aromatic nitrogens is 1. The molecule has 7 nitrogen and oxygen atoms in total. The molecule has 10 heteroatoms. The maximum absolute atomic E-state index is 12.4. The second-order valence-electron chi connectivity index (χ2n) is 8.28. The highest BCUT2D eigenvalue weighted by Gasteiger charge is 2.16. The largest absolute Gasteiger partial charge is 0.507 e. The zero-order valence-corrected chi connectivity index (χ0v) is 22.1. The Morgan fingerprint density at radius 1 is 1.03 bits per heavy atom. The fraction of sp³-hybridized carbons (Fsp3) is 0.0357. The lowest BCUT2D eigenvalue weighted by atomic mass is 10.1. The number of carbonyl (C=O) groups is 1. The molecule has 2 heterocycles. The first-order valence-corrected chi connectivity index (χ1v) is 12.5. The van der Waals surface area contributed by atoms with Crippen molar-refractivity contribution in [2.24, 2.45) is 0 Å². The molecule has 1 amide bonds. The van der Waals surface area contributed by atoms with Gasteiger partial charge in [0.15, 0.2) is 10.7 Å². The summed E-state index contributed by atoms with van der Waals surface area (Å²) >= 11 is 17.5. The molecule has 0 unspecified atom stereocenters. The topological polar surface area (TPSA) is 101 Å². The van der Waals surface area contributed by atoms with Crippen molar-refractivity contribution in [1.29, 1.82) is 0 Å². The van der Waals surface area contributed by atoms with Gasteiger partial charge in [-0.15, -0.1) is 0 Å². The highest BCUT2D eigenvalue weighted by atomic mass is 35.5. The molecule has 5 aromatic rings. The van der Waals surface area contributed by atoms with Gasteiger partial charge in [-0.25, -0.2) is 4.98 Å². The number of nitrogens with one attached hydrogen (secondary N) is 2. The van der Waals surface area contributed by atoms with E-state index >= 15 is 0 Å². The normalized spacial score (nSPS) is 11.2. The van der Waals surface area contributed by atoms with Gasteiger partial charge in [-0.3, -0.25) is 10.1 Å². The van der Waals surface area contributed by atoms with E-state index in [2.05, 4.69) is 15.6 Å². The van der Waals surface area contributed by atoms with Crippen LogP contribution in [0.25, 0.3) is 40.0 Å². The van der Waals surface area contributed by atoms with Gasteiger partial charge in [0.1, 0.15) is 22.8 Å². The van der Waals surface area contributed by atoms with Gasteiger partial charge in [0, 0.05) is 22.3 Å². The third-order valence-corrected chi connectivity index (χ3v) is 6.29. The van der Waals surface area contributed by atoms with Crippen molar-refractivity contribution in [2.45, 2.75) is 6.92 Å². The fourth-order valence-electron chi connectivity index (χ4n) is 3.75. The minimum absolute atomic E-state index is 0.0395. The molecule has 0 aliphatic carbocycles. The molecule has 0 bridgehead atoms. The number of aromatic hydroxyl groups is 1. The zero-order valence-electron chi connectivity index (χ0n) is 19.8. The number of para-hydroxylation sites is 2. The smallest absolute Gasteiger partial charge is 0.250 e. The number of halogens is 2. The van der Waals surface area contributed by atoms with Crippen molar-refractivity contribution in [2.75, 3.05) is 5.32 Å². The van der Waals surface area contributed by atoms with Crippen molar-refractivity contribution < 1.29 is 18.7 Å². The summed E-state index contributed by atoms with van der Waals surface area (Å²) in [5.74, 6) is 0.849. The Labute approximate surface area is 232 Å². The van der Waals surface area contributed by atoms with E-state index in [-0.39, 0.29) is 16.8 Å². The fourth-order valence-corrected chi connectivity index (χ4v) is 4.47. The molecule has 3 N–H and O–H groups in total. The molecule has 3 aromatic carbocycles. The molecule has 0 atom stereocenters. The summed E-state index contributed by atoms with van der Waals surface area (Å²) in [6.45, 7) is 1.74. The summed E-state index contributed by atoms with van der Waals surface area (Å²) in [4.78, 5) is 16.9. The molecule has 0 saturated heterocycles. The van der Waals surface area contributed by atoms with Gasteiger partial charge in [0.05, 0.1) is 10.6 Å². The number of hydrogen-bond acceptors (Lipinski definition) is 6. The predicted molar refractivity (Wildman–Crippen MR) is 153 cm³/mol. The van der Waals surface area contributed by atoms with Crippen LogP contribution < -0.4 is 10.6 Å². The molecule has 0 radical (unpaired) electrons. The van der Waals surface area contributed by atoms with Crippen LogP contribution >= 0.6 is 35.4 Å². The van der Waals surface area contributed by atoms with Crippen LogP contribution in [0.15, 0.2) is 81.6 Å². The van der Waals surface area contributed by atoms with Gasteiger partial charge >= 0.3 is 0 Å². The molecule has 0 fully saturated rings. The summed E-state index contributed by atoms with van der Waals surface area (Å²) in [6.07, 6.45) is 2.81. The van der Waals surface area contributed by atoms with Gasteiger partial charge in [-0.2, -0.15) is 0 Å². The Kier molecular flexibility index (Phi) is 7.20. The van der Waals surface area contributed by atoms with E-state index in [0.717, 1.165) is 0 Å². The number of amides is 1. The zero-order chi connectivity index (χ0) is 26.8. The maximum atomic E-state index is 12.4. The Morgan fingerprint density at radius 2 is 1.84 bits per heavy atom. The highest BCUT2D eigenvalue weighted by Crippen LogP contribution is 2.36. The number of phenolic OH excluding ortho intramolecular Hbond substituents is 1. The molecule has 0 spiro atoms. The number of rotatable bonds is 5. The molecule has 190 valence electrons. The lowest BCUT2D eigenvalue weighted by Gasteiger charge is -2.12. The van der Waals surface area contributed by atoms with Crippen LogP contribution in [0.1, 0.15) is 11.3 Å². The second-order valence-corrected chi connectivity index (χ2v) is 9.53. The predicted octanol–water partition coefficient (Wildman–Crippen LogP) is 7.60. The molecule has 0 aliphatic rings. The number of thiocarbonyl (C=S) groups is 1. The van der Waals surface area contributed by atoms with Crippen LogP contribution in [0, 0.1) is 6.92 Å². The molecule has 0 aliphatic heterocycles. The quantitative estimate of drug-likeness (QED) is 0.115. The molecule has 38 heavy (non-hydrogen) atoms. The van der Waals surface area contributed by atoms with Gasteiger partial charge in [-0.1, -0.05) is 35.3 Å². The number of fused-ring (bicyclic) bond motifs is 1. The Balaban J connectivity index is 1.25. The summed E-state index contributed by atoms with van der Waals surface area (Å²) in [5, 5.41) is 17.2. The van der Waals surface area contributed by atoms with Crippen LogP contribution in [0.5, 0.6) is 5.75 Å². The number of phenols is 1. The third kappa shape index (κ3) is 5.57. The van der Waals surface area contributed by atoms with Gasteiger partial charge in [0.2, 0.25) is 11.8 Å². The lowest BCUT2D eigenvalue weighted by Crippen LogP contribution is -2.32. The van der Waals surface area contributed by atoms with Gasteiger partial charge < -0.3 is 19.3 Å². The highest BCUT2D eigenvalue weighted by molar-refractivity contribution is 7.80. The van der Waals surface area contributed by atoms with E-state index in [4.69, 9.17) is 44.3 Å². The molecular formula is C28H19Cl2N3O4S. The minimum atomic E-state index is -0.459. The second kappa shape index (κ2) is 10.7. The SMILES string of the molecule is Cc1cc(NC(=S)NC(=O)/C=C/c2ccc(-c3ccc(Cl)cc3Cl)o2)cc(-c2nc3ccccc3o2)c1O. The van der Waals surface area contributed by atoms with Gasteiger partial charge in [-0.05, 0) is 85.4 Å². The van der Waals surface area contributed by atoms with Crippen LogP contribution in [-0.2, 0) is 4.79 Å². The summed E-state index contributed by atoms with van der Waals surface area (Å²) in [6, 6.07) is 19.2. The third-order valence-electron chi connectivity index (χ3n) is 5.54. The number of carbonyl (C=O) groups excluding carboxylic acids is 1. The van der Waals surface area contributed by atoms with Crippen molar-refractivity contribution in [3.05, 3.63) is 94.2 Å². The van der Waals surface area contributed by atoms with E-state index in [0.29, 0.717) is 55.0 Å². The van der Waals surface area contributed by atoms with E-state index in [1.54, 1.807) is 55.5 Å². The Morgan fingerprint density at radius 3 is 2.63 bits per heavy atom. The van der Waals surface area contributed by atoms with E-state index in [1.165, 1.54) is 12.2 Å². The van der Waals surface area contributed by atoms with Crippen molar-refractivity contribution >= 4 is 69.3 Å². The average Bonchev–Trinajstić information content (AvgIpc) is 3.52. The summed E-state index contributed by atoms with van der Waals surface area (Å²) in [7, 11) is 0. The lowest BCUT2D eigenvalue weighted by molar-refractivity contribution is -0.115. The first-order chi connectivity index (χ1) is 18.3. The van der Waals surface area contributed by atoms with Crippen LogP contribution in [0.4, 0.5) is 5.69 Å². The Bertz CT molecular complexity index is 1690. The van der Waals surface area contributed by atoms with Crippen molar-refractivity contribution in [3.8, 4) is 28.5 Å². The van der Waals surface area contributed by atoms with Gasteiger partial charge in [0.25, 0.3) is 0 Å². The number of hydrogen-bond donors (Lipinski definition) is 3. The number of aryl methyl sites for hydroxylation is 1. The number of benzene rings is 3. The first kappa shape index (κ1) is 25.5. The molecule has 0 saturated carbocycles. The molecule has 2 aromatic heterocycles. The van der Waals surface area contributed by atoms with Crippen LogP contribution in [-0.4, -0.2) is 21.1 Å². The first-order valence-electron chi connectivity index (χ1n) is 11.3. The standard InChI is InChI=1S/C28H19Cl2N3O4S/c1-15-12-17(14-20(26(15)35)27-32-22-4-2-3-5-24(22)37-27)31-28(38)33-25(34)11-8-18-7-10-23(36-18)19-9-6-16(29)13-21(19)30/h2-14,35H,1H3,(H2,31,33,34,38)/b11-8+. The summed E-state index contributed by atoms with van der Waals surface area (Å²) < 4.78 is 11.6. The molecule has 5 rings (SSSR count). The molecular weight excluding hydrogens is 545 g/mol. The minimum Gasteiger partial charge on any atom is -0.507 e. The Hall–Kier alpha value is -4.11. The average molecular weight is 564 g/mol. The number of furan rings is 1.